The van der Waals surface area contributed by atoms with Crippen LogP contribution in [0.2, 0.25) is 5.15 Å². The average Bonchev–Trinajstić information content (AvgIpc) is 3.65. The van der Waals surface area contributed by atoms with Gasteiger partial charge >= 0.3 is 6.18 Å². The van der Waals surface area contributed by atoms with Crippen molar-refractivity contribution in [2.45, 2.75) is 38.5 Å². The fraction of sp³-hybridized carbons (Fsp3) is 0.333. The van der Waals surface area contributed by atoms with Crippen molar-refractivity contribution in [2.24, 2.45) is 11.8 Å². The maximum absolute atomic E-state index is 13.0. The summed E-state index contributed by atoms with van der Waals surface area (Å²) in [6, 6.07) is 6.57. The molecule has 1 unspecified atom stereocenters. The Labute approximate surface area is 204 Å². The number of anilines is 3. The molecule has 0 bridgehead atoms. The Hall–Kier alpha value is -3.24. The molecule has 0 saturated heterocycles. The van der Waals surface area contributed by atoms with E-state index in [1.165, 1.54) is 30.6 Å². The fourth-order valence-electron chi connectivity index (χ4n) is 3.99. The van der Waals surface area contributed by atoms with Crippen molar-refractivity contribution in [3.05, 3.63) is 70.8 Å². The lowest BCUT2D eigenvalue weighted by Gasteiger charge is -2.34. The quantitative estimate of drug-likeness (QED) is 0.351. The molecule has 1 atom stereocenters. The van der Waals surface area contributed by atoms with E-state index in [4.69, 9.17) is 11.6 Å². The number of amides is 1. The van der Waals surface area contributed by atoms with Crippen molar-refractivity contribution in [3.8, 4) is 0 Å². The molecule has 3 N–H and O–H groups in total. The summed E-state index contributed by atoms with van der Waals surface area (Å²) in [5.74, 6) is -0.195. The van der Waals surface area contributed by atoms with Crippen LogP contribution < -0.4 is 10.6 Å². The Morgan fingerprint density at radius 3 is 2.43 bits per heavy atom. The Morgan fingerprint density at radius 2 is 1.83 bits per heavy atom. The molecule has 0 aromatic carbocycles. The lowest BCUT2D eigenvalue weighted by atomic mass is 9.79. The lowest BCUT2D eigenvalue weighted by molar-refractivity contribution is -0.137. The summed E-state index contributed by atoms with van der Waals surface area (Å²) < 4.78 is 38.2. The third-order valence-corrected chi connectivity index (χ3v) is 6.21. The van der Waals surface area contributed by atoms with Gasteiger partial charge in [-0.05, 0) is 55.0 Å². The van der Waals surface area contributed by atoms with E-state index in [-0.39, 0.29) is 34.2 Å². The Balaban J connectivity index is 1.55. The van der Waals surface area contributed by atoms with Crippen LogP contribution in [0.1, 0.15) is 48.2 Å². The summed E-state index contributed by atoms with van der Waals surface area (Å²) in [5, 5.41) is 17.3. The number of nitrogens with zero attached hydrogens (tertiary/aromatic N) is 3. The number of hydrogen-bond donors (Lipinski definition) is 3. The summed E-state index contributed by atoms with van der Waals surface area (Å²) in [6.07, 6.45) is 0.773. The van der Waals surface area contributed by atoms with Gasteiger partial charge in [0.05, 0.1) is 23.0 Å². The van der Waals surface area contributed by atoms with Crippen LogP contribution in [0.5, 0.6) is 0 Å². The Morgan fingerprint density at radius 1 is 1.09 bits per heavy atom. The second kappa shape index (κ2) is 9.43. The smallest absolute Gasteiger partial charge is 0.385 e. The highest BCUT2D eigenvalue weighted by Gasteiger charge is 2.48. The van der Waals surface area contributed by atoms with Crippen LogP contribution in [-0.2, 0) is 11.8 Å². The van der Waals surface area contributed by atoms with Crippen molar-refractivity contribution >= 4 is 34.8 Å². The van der Waals surface area contributed by atoms with E-state index in [9.17, 15) is 23.1 Å². The fourth-order valence-corrected chi connectivity index (χ4v) is 4.15. The molecule has 1 aliphatic carbocycles. The second-order valence-corrected chi connectivity index (χ2v) is 9.13. The van der Waals surface area contributed by atoms with Crippen molar-refractivity contribution in [1.29, 1.82) is 0 Å². The van der Waals surface area contributed by atoms with Crippen LogP contribution >= 0.6 is 11.6 Å². The number of alkyl halides is 3. The number of halogens is 4. The highest BCUT2D eigenvalue weighted by atomic mass is 35.5. The lowest BCUT2D eigenvalue weighted by Crippen LogP contribution is -2.36. The number of hydrogen-bond acceptors (Lipinski definition) is 6. The van der Waals surface area contributed by atoms with Gasteiger partial charge in [0.15, 0.2) is 0 Å². The van der Waals surface area contributed by atoms with Gasteiger partial charge in [0.25, 0.3) is 5.91 Å². The number of carbonyl (C=O) groups excluding carboxylic acids is 1. The van der Waals surface area contributed by atoms with Gasteiger partial charge in [0, 0.05) is 23.5 Å². The Bertz CT molecular complexity index is 1230. The third-order valence-electron chi connectivity index (χ3n) is 6.00. The van der Waals surface area contributed by atoms with Crippen LogP contribution in [0.25, 0.3) is 0 Å². The van der Waals surface area contributed by atoms with Crippen LogP contribution in [-0.4, -0.2) is 26.0 Å². The molecular weight excluding hydrogens is 483 g/mol. The monoisotopic (exact) mass is 505 g/mol. The molecule has 1 saturated carbocycles. The predicted octanol–water partition coefficient (Wildman–Crippen LogP) is 5.79. The number of pyridine rings is 3. The molecule has 7 nitrogen and oxygen atoms in total. The first-order valence-electron chi connectivity index (χ1n) is 10.9. The van der Waals surface area contributed by atoms with Gasteiger partial charge in [-0.25, -0.2) is 15.0 Å². The molecule has 0 radical (unpaired) electrons. The minimum Gasteiger partial charge on any atom is -0.385 e. The normalized spacial score (nSPS) is 15.5. The van der Waals surface area contributed by atoms with Gasteiger partial charge in [-0.2, -0.15) is 13.2 Å². The molecule has 3 heterocycles. The summed E-state index contributed by atoms with van der Waals surface area (Å²) in [7, 11) is 0. The van der Waals surface area contributed by atoms with Crippen LogP contribution in [0.15, 0.2) is 48.9 Å². The molecule has 35 heavy (non-hydrogen) atoms. The van der Waals surface area contributed by atoms with Crippen molar-refractivity contribution in [1.82, 2.24) is 15.0 Å². The highest BCUT2D eigenvalue weighted by molar-refractivity contribution is 6.29. The molecule has 11 heteroatoms. The molecule has 0 aliphatic heterocycles. The molecule has 3 aromatic heterocycles. The Kier molecular flexibility index (Phi) is 6.70. The van der Waals surface area contributed by atoms with E-state index < -0.39 is 23.2 Å². The number of aliphatic hydroxyl groups is 1. The molecule has 184 valence electrons. The number of nitrogens with one attached hydrogen (secondary N) is 2. The molecule has 1 fully saturated rings. The first-order chi connectivity index (χ1) is 16.5. The molecule has 3 aromatic rings. The highest BCUT2D eigenvalue weighted by Crippen LogP contribution is 2.51. The second-order valence-electron chi connectivity index (χ2n) is 8.75. The van der Waals surface area contributed by atoms with Gasteiger partial charge in [0.1, 0.15) is 16.8 Å². The topological polar surface area (TPSA) is 100 Å². The zero-order chi connectivity index (χ0) is 25.4. The molecule has 4 rings (SSSR count). The maximum atomic E-state index is 13.0. The van der Waals surface area contributed by atoms with Gasteiger partial charge in [-0.1, -0.05) is 25.4 Å². The van der Waals surface area contributed by atoms with Crippen LogP contribution in [0.4, 0.5) is 30.5 Å². The molecular formula is C24H23ClF3N5O2. The summed E-state index contributed by atoms with van der Waals surface area (Å²) >= 11 is 6.12. The van der Waals surface area contributed by atoms with Crippen molar-refractivity contribution in [2.75, 3.05) is 10.6 Å². The largest absolute Gasteiger partial charge is 0.417 e. The third kappa shape index (κ3) is 5.38. The van der Waals surface area contributed by atoms with Gasteiger partial charge in [0.2, 0.25) is 0 Å². The first-order valence-corrected chi connectivity index (χ1v) is 11.3. The summed E-state index contributed by atoms with van der Waals surface area (Å²) in [6.45, 7) is 3.82. The predicted molar refractivity (Wildman–Crippen MR) is 125 cm³/mol. The summed E-state index contributed by atoms with van der Waals surface area (Å²) in [4.78, 5) is 25.0. The van der Waals surface area contributed by atoms with E-state index in [1.54, 1.807) is 6.07 Å². The summed E-state index contributed by atoms with van der Waals surface area (Å²) in [5.41, 5.74) is -0.962. The van der Waals surface area contributed by atoms with Crippen molar-refractivity contribution < 1.29 is 23.1 Å². The number of rotatable bonds is 7. The van der Waals surface area contributed by atoms with E-state index in [0.29, 0.717) is 17.4 Å². The van der Waals surface area contributed by atoms with E-state index in [0.717, 1.165) is 18.9 Å². The number of carbonyl (C=O) groups is 1. The first kappa shape index (κ1) is 24.9. The van der Waals surface area contributed by atoms with Crippen LogP contribution in [0, 0.1) is 11.8 Å². The average molecular weight is 506 g/mol. The minimum absolute atomic E-state index is 0.0598. The number of aromatic nitrogens is 3. The molecule has 0 spiro atoms. The van der Waals surface area contributed by atoms with Gasteiger partial charge < -0.3 is 15.7 Å². The van der Waals surface area contributed by atoms with Crippen LogP contribution in [0.3, 0.4) is 0 Å². The standard InChI is InChI=1S/C24H23ClF3N5O2/c1-13(2)23(35,15-3-4-15)17-10-19(25)30-12-18(17)32-22(34)14-7-8-29-21(9-14)33-20-6-5-16(11-31-20)24(26,27)28/h5-13,15,35H,3-4H2,1-2H3,(H,32,34)(H,29,31,33). The molecule has 1 amide bonds. The minimum atomic E-state index is -4.49. The van der Waals surface area contributed by atoms with E-state index >= 15 is 0 Å². The zero-order valence-corrected chi connectivity index (χ0v) is 19.7. The maximum Gasteiger partial charge on any atom is 0.417 e. The zero-order valence-electron chi connectivity index (χ0n) is 18.9. The van der Waals surface area contributed by atoms with Gasteiger partial charge in [-0.15, -0.1) is 0 Å². The van der Waals surface area contributed by atoms with Gasteiger partial charge in [-0.3, -0.25) is 4.79 Å². The van der Waals surface area contributed by atoms with E-state index in [2.05, 4.69) is 25.6 Å². The molecule has 1 aliphatic rings. The van der Waals surface area contributed by atoms with Crippen molar-refractivity contribution in [3.63, 3.8) is 0 Å². The van der Waals surface area contributed by atoms with E-state index in [1.807, 2.05) is 13.8 Å². The SMILES string of the molecule is CC(C)C(O)(c1cc(Cl)ncc1NC(=O)c1ccnc(Nc2ccc(C(F)(F)F)cn2)c1)C1CC1.